The van der Waals surface area contributed by atoms with E-state index in [2.05, 4.69) is 0 Å². The smallest absolute Gasteiger partial charge is 0.296 e. The Morgan fingerprint density at radius 3 is 1.56 bits per heavy atom. The van der Waals surface area contributed by atoms with Crippen LogP contribution >= 0.6 is 0 Å². The molecule has 0 aromatic heterocycles. The van der Waals surface area contributed by atoms with E-state index in [1.54, 1.807) is 12.1 Å². The molecule has 284 valence electrons. The Labute approximate surface area is 318 Å². The number of rotatable bonds is 19. The Kier molecular flexibility index (Phi) is 14.2. The zero-order valence-corrected chi connectivity index (χ0v) is 31.5. The Morgan fingerprint density at radius 1 is 0.593 bits per heavy atom. The van der Waals surface area contributed by atoms with E-state index in [1.807, 2.05) is 128 Å². The van der Waals surface area contributed by atoms with Gasteiger partial charge in [0.15, 0.2) is 5.79 Å². The van der Waals surface area contributed by atoms with Crippen molar-refractivity contribution in [2.24, 2.45) is 0 Å². The summed E-state index contributed by atoms with van der Waals surface area (Å²) in [7, 11) is -2.56. The van der Waals surface area contributed by atoms with Gasteiger partial charge in [0.1, 0.15) is 24.4 Å². The van der Waals surface area contributed by atoms with Gasteiger partial charge in [0.05, 0.1) is 44.5 Å². The summed E-state index contributed by atoms with van der Waals surface area (Å²) in [6.45, 7) is 2.83. The van der Waals surface area contributed by atoms with Crippen LogP contribution in [-0.4, -0.2) is 58.9 Å². The molecule has 5 atom stereocenters. The van der Waals surface area contributed by atoms with Gasteiger partial charge in [-0.2, -0.15) is 8.42 Å². The predicted molar refractivity (Wildman–Crippen MR) is 205 cm³/mol. The molecular formula is C44H48O9S. The molecule has 6 rings (SSSR count). The van der Waals surface area contributed by atoms with Crippen LogP contribution in [0.2, 0.25) is 0 Å². The largest absolute Gasteiger partial charge is 0.374 e. The molecule has 0 bridgehead atoms. The third-order valence-electron chi connectivity index (χ3n) is 9.35. The highest BCUT2D eigenvalue weighted by Gasteiger charge is 2.57. The van der Waals surface area contributed by atoms with Crippen molar-refractivity contribution in [2.75, 3.05) is 20.3 Å². The highest BCUT2D eigenvalue weighted by Crippen LogP contribution is 2.40. The first-order valence-corrected chi connectivity index (χ1v) is 19.5. The standard InChI is InChI=1S/C44H48O9S/c1-34-23-25-39(26-24-34)54(45,46)52-28-27-44(47-2)43(51-32-38-21-13-6-14-22-38)42(50-31-37-19-11-5-12-20-37)41(49-30-36-17-9-4-10-18-36)40(53-44)33-48-29-35-15-7-3-8-16-35/h3-26,40-43H,27-33H2,1-2H3/t40-,41-,42+,43-,44+/m1/s1. The fourth-order valence-corrected chi connectivity index (χ4v) is 7.36. The van der Waals surface area contributed by atoms with E-state index in [-0.39, 0.29) is 44.4 Å². The SMILES string of the molecule is CO[C@@]1(CCOS(=O)(=O)c2ccc(C)cc2)O[C@H](COCc2ccccc2)[C@@H](OCc2ccccc2)[C@H](OCc2ccccc2)[C@H]1OCc1ccccc1. The van der Waals surface area contributed by atoms with Gasteiger partial charge < -0.3 is 28.4 Å². The van der Waals surface area contributed by atoms with Gasteiger partial charge in [-0.05, 0) is 41.3 Å². The van der Waals surface area contributed by atoms with Gasteiger partial charge in [-0.3, -0.25) is 4.18 Å². The summed E-state index contributed by atoms with van der Waals surface area (Å²) >= 11 is 0. The van der Waals surface area contributed by atoms with Crippen LogP contribution in [0.25, 0.3) is 0 Å². The Bertz CT molecular complexity index is 1930. The van der Waals surface area contributed by atoms with Gasteiger partial charge in [-0.25, -0.2) is 0 Å². The molecule has 0 radical (unpaired) electrons. The molecule has 1 fully saturated rings. The molecule has 0 amide bonds. The summed E-state index contributed by atoms with van der Waals surface area (Å²) in [4.78, 5) is 0.0617. The van der Waals surface area contributed by atoms with E-state index in [9.17, 15) is 8.42 Å². The maximum Gasteiger partial charge on any atom is 0.296 e. The molecule has 1 heterocycles. The first-order chi connectivity index (χ1) is 26.3. The minimum atomic E-state index is -4.09. The van der Waals surface area contributed by atoms with Crippen molar-refractivity contribution in [3.8, 4) is 0 Å². The lowest BCUT2D eigenvalue weighted by Gasteiger charge is -2.52. The molecule has 1 saturated heterocycles. The van der Waals surface area contributed by atoms with Crippen LogP contribution in [0.4, 0.5) is 0 Å². The molecular weight excluding hydrogens is 705 g/mol. The van der Waals surface area contributed by atoms with Crippen molar-refractivity contribution in [3.05, 3.63) is 173 Å². The van der Waals surface area contributed by atoms with Gasteiger partial charge in [-0.15, -0.1) is 0 Å². The molecule has 1 aliphatic rings. The highest BCUT2D eigenvalue weighted by molar-refractivity contribution is 7.86. The van der Waals surface area contributed by atoms with Crippen molar-refractivity contribution in [3.63, 3.8) is 0 Å². The zero-order valence-electron chi connectivity index (χ0n) is 30.7. The molecule has 5 aromatic carbocycles. The summed E-state index contributed by atoms with van der Waals surface area (Å²) in [5.74, 6) is -1.54. The maximum atomic E-state index is 13.3. The third-order valence-corrected chi connectivity index (χ3v) is 10.7. The highest BCUT2D eigenvalue weighted by atomic mass is 32.2. The minimum absolute atomic E-state index is 0.0141. The zero-order chi connectivity index (χ0) is 37.6. The second-order valence-corrected chi connectivity index (χ2v) is 14.9. The first kappa shape index (κ1) is 39.5. The van der Waals surface area contributed by atoms with Gasteiger partial charge in [0.25, 0.3) is 10.1 Å². The van der Waals surface area contributed by atoms with Crippen LogP contribution in [0.3, 0.4) is 0 Å². The minimum Gasteiger partial charge on any atom is -0.374 e. The topological polar surface area (TPSA) is 98.8 Å². The average Bonchev–Trinajstić information content (AvgIpc) is 3.21. The third kappa shape index (κ3) is 10.7. The number of hydrogen-bond donors (Lipinski definition) is 0. The van der Waals surface area contributed by atoms with E-state index in [1.165, 1.54) is 19.2 Å². The number of methoxy groups -OCH3 is 1. The van der Waals surface area contributed by atoms with Gasteiger partial charge in [0, 0.05) is 13.5 Å². The molecule has 0 aliphatic carbocycles. The van der Waals surface area contributed by atoms with Gasteiger partial charge in [0.2, 0.25) is 0 Å². The summed E-state index contributed by atoms with van der Waals surface area (Å²) < 4.78 is 72.1. The number of hydrogen-bond acceptors (Lipinski definition) is 9. The molecule has 5 aromatic rings. The van der Waals surface area contributed by atoms with E-state index >= 15 is 0 Å². The Balaban J connectivity index is 1.34. The second kappa shape index (κ2) is 19.4. The number of ether oxygens (including phenoxy) is 6. The lowest BCUT2D eigenvalue weighted by Crippen LogP contribution is -2.68. The molecule has 1 aliphatic heterocycles. The number of aryl methyl sites for hydroxylation is 1. The second-order valence-electron chi connectivity index (χ2n) is 13.3. The van der Waals surface area contributed by atoms with Crippen molar-refractivity contribution in [2.45, 2.75) is 74.9 Å². The molecule has 0 spiro atoms. The summed E-state index contributed by atoms with van der Waals surface area (Å²) in [6.07, 6.45) is -3.08. The summed E-state index contributed by atoms with van der Waals surface area (Å²) in [5, 5.41) is 0. The summed E-state index contributed by atoms with van der Waals surface area (Å²) in [6, 6.07) is 45.9. The molecule has 54 heavy (non-hydrogen) atoms. The monoisotopic (exact) mass is 752 g/mol. The van der Waals surface area contributed by atoms with E-state index in [0.29, 0.717) is 6.61 Å². The average molecular weight is 753 g/mol. The van der Waals surface area contributed by atoms with Crippen LogP contribution in [0.5, 0.6) is 0 Å². The van der Waals surface area contributed by atoms with Crippen molar-refractivity contribution in [1.82, 2.24) is 0 Å². The summed E-state index contributed by atoms with van der Waals surface area (Å²) in [5.41, 5.74) is 4.80. The fraction of sp³-hybridized carbons (Fsp3) is 0.318. The predicted octanol–water partition coefficient (Wildman–Crippen LogP) is 7.80. The van der Waals surface area contributed by atoms with E-state index < -0.39 is 40.3 Å². The molecule has 0 unspecified atom stereocenters. The van der Waals surface area contributed by atoms with Crippen LogP contribution in [0.1, 0.15) is 34.2 Å². The quantitative estimate of drug-likeness (QED) is 0.0783. The lowest BCUT2D eigenvalue weighted by atomic mass is 9.89. The fourth-order valence-electron chi connectivity index (χ4n) is 6.45. The van der Waals surface area contributed by atoms with Crippen LogP contribution in [-0.2, 0) is 69.1 Å². The Hall–Kier alpha value is -4.23. The molecule has 0 N–H and O–H groups in total. The Morgan fingerprint density at radius 2 is 1.06 bits per heavy atom. The van der Waals surface area contributed by atoms with Gasteiger partial charge in [-0.1, -0.05) is 139 Å². The van der Waals surface area contributed by atoms with Crippen molar-refractivity contribution < 1.29 is 41.0 Å². The van der Waals surface area contributed by atoms with Gasteiger partial charge >= 0.3 is 0 Å². The number of benzene rings is 5. The van der Waals surface area contributed by atoms with E-state index in [4.69, 9.17) is 32.6 Å². The lowest BCUT2D eigenvalue weighted by molar-refractivity contribution is -0.380. The van der Waals surface area contributed by atoms with Crippen LogP contribution in [0.15, 0.2) is 150 Å². The van der Waals surface area contributed by atoms with Crippen LogP contribution in [0, 0.1) is 6.92 Å². The van der Waals surface area contributed by atoms with Crippen molar-refractivity contribution in [1.29, 1.82) is 0 Å². The van der Waals surface area contributed by atoms with Crippen LogP contribution < -0.4 is 0 Å². The first-order valence-electron chi connectivity index (χ1n) is 18.1. The van der Waals surface area contributed by atoms with Crippen molar-refractivity contribution >= 4 is 10.1 Å². The van der Waals surface area contributed by atoms with E-state index in [0.717, 1.165) is 27.8 Å². The maximum absolute atomic E-state index is 13.3. The molecule has 10 heteroatoms. The normalized spacial score (nSPS) is 21.5. The molecule has 0 saturated carbocycles. The molecule has 9 nitrogen and oxygen atoms in total.